The number of urea groups is 1. The number of fused-ring (bicyclic) bond motifs is 1. The highest BCUT2D eigenvalue weighted by Crippen LogP contribution is 2.29. The van der Waals surface area contributed by atoms with E-state index in [9.17, 15) is 19.2 Å². The molecule has 1 aromatic heterocycles. The molecule has 0 spiro atoms. The molecule has 1 saturated heterocycles. The van der Waals surface area contributed by atoms with Gasteiger partial charge in [-0.15, -0.1) is 11.3 Å². The number of benzene rings is 1. The van der Waals surface area contributed by atoms with Crippen LogP contribution in [0.2, 0.25) is 0 Å². The van der Waals surface area contributed by atoms with Crippen molar-refractivity contribution in [3.05, 3.63) is 35.2 Å². The topological polar surface area (TPSA) is 86.8 Å². The SMILES string of the molecule is CCN1CCN(C(=O)NC([C]=O)c2csc3ccccc23)C(=O)C1=O. The molecule has 2 heterocycles. The largest absolute Gasteiger partial charge is 0.333 e. The van der Waals surface area contributed by atoms with Gasteiger partial charge in [0.05, 0.1) is 0 Å². The molecule has 1 unspecified atom stereocenters. The zero-order chi connectivity index (χ0) is 18.0. The van der Waals surface area contributed by atoms with Gasteiger partial charge in [-0.25, -0.2) is 4.79 Å². The van der Waals surface area contributed by atoms with E-state index in [0.29, 0.717) is 12.1 Å². The molecule has 129 valence electrons. The summed E-state index contributed by atoms with van der Waals surface area (Å²) < 4.78 is 0.981. The van der Waals surface area contributed by atoms with E-state index in [0.717, 1.165) is 15.0 Å². The summed E-state index contributed by atoms with van der Waals surface area (Å²) in [6, 6.07) is 5.73. The Morgan fingerprint density at radius 1 is 1.28 bits per heavy atom. The van der Waals surface area contributed by atoms with Gasteiger partial charge < -0.3 is 10.2 Å². The van der Waals surface area contributed by atoms with Crippen LogP contribution in [-0.4, -0.2) is 53.6 Å². The number of imide groups is 1. The molecule has 7 nitrogen and oxygen atoms in total. The quantitative estimate of drug-likeness (QED) is 0.838. The fourth-order valence-corrected chi connectivity index (χ4v) is 3.75. The van der Waals surface area contributed by atoms with Crippen LogP contribution in [-0.2, 0) is 14.4 Å². The van der Waals surface area contributed by atoms with Gasteiger partial charge >= 0.3 is 17.8 Å². The Morgan fingerprint density at radius 3 is 2.76 bits per heavy atom. The van der Waals surface area contributed by atoms with E-state index in [2.05, 4.69) is 5.32 Å². The van der Waals surface area contributed by atoms with Crippen LogP contribution in [0.5, 0.6) is 0 Å². The molecule has 25 heavy (non-hydrogen) atoms. The third-order valence-electron chi connectivity index (χ3n) is 4.14. The van der Waals surface area contributed by atoms with Gasteiger partial charge in [0.2, 0.25) is 6.29 Å². The zero-order valence-corrected chi connectivity index (χ0v) is 14.3. The van der Waals surface area contributed by atoms with Crippen molar-refractivity contribution in [2.75, 3.05) is 19.6 Å². The van der Waals surface area contributed by atoms with Crippen LogP contribution in [0.4, 0.5) is 4.79 Å². The average Bonchev–Trinajstić information content (AvgIpc) is 3.05. The number of thiophene rings is 1. The van der Waals surface area contributed by atoms with Crippen LogP contribution in [0.1, 0.15) is 18.5 Å². The highest BCUT2D eigenvalue weighted by molar-refractivity contribution is 7.17. The molecule has 8 heteroatoms. The van der Waals surface area contributed by atoms with E-state index < -0.39 is 23.9 Å². The number of hydrogen-bond acceptors (Lipinski definition) is 5. The molecule has 0 aliphatic carbocycles. The maximum Gasteiger partial charge on any atom is 0.325 e. The molecule has 0 saturated carbocycles. The Morgan fingerprint density at radius 2 is 2.04 bits per heavy atom. The lowest BCUT2D eigenvalue weighted by atomic mass is 10.1. The highest BCUT2D eigenvalue weighted by atomic mass is 32.1. The Hall–Kier alpha value is -2.74. The second-order valence-corrected chi connectivity index (χ2v) is 6.44. The molecule has 1 radical (unpaired) electrons. The predicted molar refractivity (Wildman–Crippen MR) is 92.8 cm³/mol. The van der Waals surface area contributed by atoms with E-state index in [1.165, 1.54) is 16.2 Å². The summed E-state index contributed by atoms with van der Waals surface area (Å²) in [6.45, 7) is 2.55. The smallest absolute Gasteiger partial charge is 0.325 e. The summed E-state index contributed by atoms with van der Waals surface area (Å²) in [6.07, 6.45) is 1.80. The van der Waals surface area contributed by atoms with Crippen molar-refractivity contribution in [2.45, 2.75) is 13.0 Å². The number of piperazine rings is 1. The van der Waals surface area contributed by atoms with Crippen molar-refractivity contribution in [3.8, 4) is 0 Å². The van der Waals surface area contributed by atoms with E-state index >= 15 is 0 Å². The number of carbonyl (C=O) groups excluding carboxylic acids is 4. The number of rotatable bonds is 4. The van der Waals surface area contributed by atoms with Gasteiger partial charge in [-0.2, -0.15) is 0 Å². The van der Waals surface area contributed by atoms with Crippen molar-refractivity contribution in [1.82, 2.24) is 15.1 Å². The number of amides is 4. The van der Waals surface area contributed by atoms with Gasteiger partial charge in [0.1, 0.15) is 6.04 Å². The van der Waals surface area contributed by atoms with Gasteiger partial charge in [0.25, 0.3) is 0 Å². The summed E-state index contributed by atoms with van der Waals surface area (Å²) in [5.74, 6) is -1.60. The lowest BCUT2D eigenvalue weighted by Crippen LogP contribution is -2.58. The fraction of sp³-hybridized carbons (Fsp3) is 0.294. The monoisotopic (exact) mass is 358 g/mol. The first-order valence-electron chi connectivity index (χ1n) is 7.81. The summed E-state index contributed by atoms with van der Waals surface area (Å²) in [4.78, 5) is 50.0. The molecular weight excluding hydrogens is 342 g/mol. The average molecular weight is 358 g/mol. The molecule has 1 aliphatic rings. The number of likely N-dealkylation sites (N-methyl/N-ethyl adjacent to an activating group) is 1. The zero-order valence-electron chi connectivity index (χ0n) is 13.5. The molecule has 2 aromatic rings. The van der Waals surface area contributed by atoms with E-state index in [4.69, 9.17) is 0 Å². The maximum absolute atomic E-state index is 12.4. The third-order valence-corrected chi connectivity index (χ3v) is 5.13. The first-order valence-corrected chi connectivity index (χ1v) is 8.69. The molecule has 1 fully saturated rings. The minimum Gasteiger partial charge on any atom is -0.333 e. The summed E-state index contributed by atoms with van der Waals surface area (Å²) in [5.41, 5.74) is 0.620. The second kappa shape index (κ2) is 7.02. The minimum absolute atomic E-state index is 0.0974. The van der Waals surface area contributed by atoms with Crippen LogP contribution in [0.3, 0.4) is 0 Å². The Kier molecular flexibility index (Phi) is 4.80. The van der Waals surface area contributed by atoms with Crippen molar-refractivity contribution < 1.29 is 19.2 Å². The Bertz CT molecular complexity index is 847. The number of hydrogen-bond donors (Lipinski definition) is 1. The van der Waals surface area contributed by atoms with Crippen molar-refractivity contribution in [2.24, 2.45) is 0 Å². The molecule has 1 N–H and O–H groups in total. The van der Waals surface area contributed by atoms with Crippen LogP contribution in [0.25, 0.3) is 10.1 Å². The highest BCUT2D eigenvalue weighted by Gasteiger charge is 2.36. The molecule has 1 aliphatic heterocycles. The molecule has 3 rings (SSSR count). The van der Waals surface area contributed by atoms with Crippen molar-refractivity contribution in [1.29, 1.82) is 0 Å². The summed E-state index contributed by atoms with van der Waals surface area (Å²) in [7, 11) is 0. The van der Waals surface area contributed by atoms with Gasteiger partial charge in [0, 0.05) is 29.9 Å². The van der Waals surface area contributed by atoms with E-state index in [-0.39, 0.29) is 13.1 Å². The Labute approximate surface area is 148 Å². The van der Waals surface area contributed by atoms with Gasteiger partial charge in [-0.05, 0) is 23.8 Å². The second-order valence-electron chi connectivity index (χ2n) is 5.53. The number of nitrogens with one attached hydrogen (secondary N) is 1. The van der Waals surface area contributed by atoms with E-state index in [1.54, 1.807) is 18.6 Å². The summed E-state index contributed by atoms with van der Waals surface area (Å²) >= 11 is 1.45. The standard InChI is InChI=1S/C17H16N3O4S/c1-2-19-7-8-20(16(23)15(19)22)17(24)18-13(9-21)12-10-25-14-6-4-3-5-11(12)14/h3-6,10,13H,2,7-8H2,1H3,(H,18,24). The molecular formula is C17H16N3O4S. The third kappa shape index (κ3) is 3.12. The van der Waals surface area contributed by atoms with Gasteiger partial charge in [0.15, 0.2) is 0 Å². The normalized spacial score (nSPS) is 16.2. The predicted octanol–water partition coefficient (Wildman–Crippen LogP) is 1.45. The lowest BCUT2D eigenvalue weighted by Gasteiger charge is -2.32. The van der Waals surface area contributed by atoms with Gasteiger partial charge in [-0.3, -0.25) is 19.3 Å². The van der Waals surface area contributed by atoms with Gasteiger partial charge in [-0.1, -0.05) is 18.2 Å². The first-order chi connectivity index (χ1) is 12.1. The molecule has 1 atom stereocenters. The fourth-order valence-electron chi connectivity index (χ4n) is 2.76. The first kappa shape index (κ1) is 17.1. The van der Waals surface area contributed by atoms with Crippen LogP contribution >= 0.6 is 11.3 Å². The van der Waals surface area contributed by atoms with Crippen LogP contribution in [0, 0.1) is 0 Å². The van der Waals surface area contributed by atoms with Crippen molar-refractivity contribution >= 4 is 45.6 Å². The molecule has 4 amide bonds. The number of carbonyl (C=O) groups is 3. The Balaban J connectivity index is 1.78. The van der Waals surface area contributed by atoms with Crippen molar-refractivity contribution in [3.63, 3.8) is 0 Å². The lowest BCUT2D eigenvalue weighted by molar-refractivity contribution is -0.153. The molecule has 1 aromatic carbocycles. The number of nitrogens with zero attached hydrogens (tertiary/aromatic N) is 2. The minimum atomic E-state index is -1.00. The van der Waals surface area contributed by atoms with E-state index in [1.807, 2.05) is 24.3 Å². The van der Waals surface area contributed by atoms with Crippen LogP contribution < -0.4 is 5.32 Å². The van der Waals surface area contributed by atoms with Crippen LogP contribution in [0.15, 0.2) is 29.6 Å². The molecule has 0 bridgehead atoms. The maximum atomic E-state index is 12.4. The summed E-state index contributed by atoms with van der Waals surface area (Å²) in [5, 5.41) is 5.12.